The highest BCUT2D eigenvalue weighted by molar-refractivity contribution is 5.83. The molecule has 1 aliphatic rings. The lowest BCUT2D eigenvalue weighted by atomic mass is 9.82. The van der Waals surface area contributed by atoms with Gasteiger partial charge in [-0.3, -0.25) is 4.79 Å². The monoisotopic (exact) mass is 214 g/mol. The number of hydrogen-bond donors (Lipinski definition) is 2. The van der Waals surface area contributed by atoms with E-state index in [1.807, 2.05) is 6.92 Å². The fourth-order valence-corrected chi connectivity index (χ4v) is 2.08. The number of nitrogens with zero attached hydrogens (tertiary/aromatic N) is 1. The van der Waals surface area contributed by atoms with Crippen LogP contribution in [0.15, 0.2) is 0 Å². The number of likely N-dealkylation sites (N-methyl/N-ethyl adjacent to an activating group) is 1. The average molecular weight is 214 g/mol. The van der Waals surface area contributed by atoms with E-state index >= 15 is 0 Å². The first-order valence-electron chi connectivity index (χ1n) is 5.66. The maximum Gasteiger partial charge on any atom is 0.230 e. The molecular weight excluding hydrogens is 192 g/mol. The smallest absolute Gasteiger partial charge is 0.230 e. The van der Waals surface area contributed by atoms with Crippen molar-refractivity contribution in [3.8, 4) is 0 Å². The molecule has 0 radical (unpaired) electrons. The maximum absolute atomic E-state index is 12.3. The zero-order valence-corrected chi connectivity index (χ0v) is 9.92. The molecule has 1 rings (SSSR count). The Labute approximate surface area is 91.6 Å². The van der Waals surface area contributed by atoms with Gasteiger partial charge in [-0.15, -0.1) is 0 Å². The Morgan fingerprint density at radius 3 is 2.73 bits per heavy atom. The van der Waals surface area contributed by atoms with E-state index in [0.29, 0.717) is 0 Å². The van der Waals surface area contributed by atoms with Crippen molar-refractivity contribution in [3.63, 3.8) is 0 Å². The van der Waals surface area contributed by atoms with E-state index in [4.69, 9.17) is 5.11 Å². The molecule has 2 atom stereocenters. The van der Waals surface area contributed by atoms with Gasteiger partial charge in [-0.2, -0.15) is 0 Å². The van der Waals surface area contributed by atoms with Gasteiger partial charge in [0.25, 0.3) is 0 Å². The maximum atomic E-state index is 12.3. The van der Waals surface area contributed by atoms with Gasteiger partial charge in [0.05, 0.1) is 18.1 Å². The molecule has 1 heterocycles. The Morgan fingerprint density at radius 1 is 1.67 bits per heavy atom. The van der Waals surface area contributed by atoms with E-state index < -0.39 is 0 Å². The molecule has 0 bridgehead atoms. The van der Waals surface area contributed by atoms with Gasteiger partial charge < -0.3 is 15.3 Å². The summed E-state index contributed by atoms with van der Waals surface area (Å²) in [5, 5.41) is 12.3. The number of hydrogen-bond acceptors (Lipinski definition) is 3. The van der Waals surface area contributed by atoms with Gasteiger partial charge in [-0.25, -0.2) is 0 Å². The first kappa shape index (κ1) is 12.5. The van der Waals surface area contributed by atoms with Gasteiger partial charge in [0.15, 0.2) is 0 Å². The molecule has 0 aliphatic carbocycles. The lowest BCUT2D eigenvalue weighted by Crippen LogP contribution is -2.47. The van der Waals surface area contributed by atoms with Gasteiger partial charge in [0, 0.05) is 13.6 Å². The second kappa shape index (κ2) is 4.94. The van der Waals surface area contributed by atoms with Crippen LogP contribution in [0.5, 0.6) is 0 Å². The molecule has 0 aromatic heterocycles. The Bertz CT molecular complexity index is 225. The van der Waals surface area contributed by atoms with Crippen molar-refractivity contribution in [2.75, 3.05) is 26.7 Å². The molecule has 2 N–H and O–H groups in total. The molecule has 2 unspecified atom stereocenters. The highest BCUT2D eigenvalue weighted by Gasteiger charge is 2.41. The van der Waals surface area contributed by atoms with Crippen molar-refractivity contribution < 1.29 is 9.90 Å². The fraction of sp³-hybridized carbons (Fsp3) is 0.909. The number of amides is 1. The van der Waals surface area contributed by atoms with Crippen molar-refractivity contribution in [2.45, 2.75) is 32.7 Å². The second-order valence-electron chi connectivity index (χ2n) is 4.51. The van der Waals surface area contributed by atoms with E-state index in [0.717, 1.165) is 25.9 Å². The predicted molar refractivity (Wildman–Crippen MR) is 59.5 cm³/mol. The summed E-state index contributed by atoms with van der Waals surface area (Å²) in [5.41, 5.74) is -0.238. The molecule has 1 fully saturated rings. The van der Waals surface area contributed by atoms with Crippen molar-refractivity contribution in [1.82, 2.24) is 10.2 Å². The number of carbonyl (C=O) groups excluding carboxylic acids is 1. The van der Waals surface area contributed by atoms with Crippen LogP contribution in [-0.4, -0.2) is 48.7 Å². The van der Waals surface area contributed by atoms with Gasteiger partial charge in [-0.1, -0.05) is 6.92 Å². The topological polar surface area (TPSA) is 52.6 Å². The van der Waals surface area contributed by atoms with Crippen molar-refractivity contribution in [3.05, 3.63) is 0 Å². The molecule has 1 saturated heterocycles. The van der Waals surface area contributed by atoms with Crippen molar-refractivity contribution in [1.29, 1.82) is 0 Å². The summed E-state index contributed by atoms with van der Waals surface area (Å²) in [6, 6.07) is -0.0958. The normalized spacial score (nSPS) is 27.7. The Hall–Kier alpha value is -0.610. The summed E-state index contributed by atoms with van der Waals surface area (Å²) in [5.74, 6) is 0.163. The van der Waals surface area contributed by atoms with Crippen LogP contribution >= 0.6 is 0 Å². The van der Waals surface area contributed by atoms with Gasteiger partial charge in [0.1, 0.15) is 0 Å². The van der Waals surface area contributed by atoms with Crippen LogP contribution in [0.3, 0.4) is 0 Å². The first-order chi connectivity index (χ1) is 7.07. The van der Waals surface area contributed by atoms with Crippen LogP contribution in [0.4, 0.5) is 0 Å². The lowest BCUT2D eigenvalue weighted by molar-refractivity contribution is -0.142. The molecule has 1 amide bonds. The fourth-order valence-electron chi connectivity index (χ4n) is 2.08. The highest BCUT2D eigenvalue weighted by atomic mass is 16.3. The highest BCUT2D eigenvalue weighted by Crippen LogP contribution is 2.31. The molecule has 4 heteroatoms. The SMILES string of the molecule is CCC1(C(=O)N(C)C(C)CO)CCNC1. The minimum absolute atomic E-state index is 0.0233. The minimum Gasteiger partial charge on any atom is -0.394 e. The van der Waals surface area contributed by atoms with Crippen LogP contribution in [0.2, 0.25) is 0 Å². The summed E-state index contributed by atoms with van der Waals surface area (Å²) in [7, 11) is 1.78. The van der Waals surface area contributed by atoms with E-state index in [-0.39, 0.29) is 24.0 Å². The molecule has 88 valence electrons. The second-order valence-corrected chi connectivity index (χ2v) is 4.51. The molecule has 15 heavy (non-hydrogen) atoms. The Morgan fingerprint density at radius 2 is 2.33 bits per heavy atom. The predicted octanol–water partition coefficient (Wildman–Crippen LogP) is 0.215. The zero-order chi connectivity index (χ0) is 11.5. The summed E-state index contributed by atoms with van der Waals surface area (Å²) in [4.78, 5) is 14.0. The molecule has 0 aromatic carbocycles. The van der Waals surface area contributed by atoms with Gasteiger partial charge in [-0.05, 0) is 26.3 Å². The number of aliphatic hydroxyl groups excluding tert-OH is 1. The number of nitrogens with one attached hydrogen (secondary N) is 1. The van der Waals surface area contributed by atoms with Crippen LogP contribution in [0.25, 0.3) is 0 Å². The number of rotatable bonds is 4. The standard InChI is InChI=1S/C11H22N2O2/c1-4-11(5-6-12-8-11)10(15)13(3)9(2)7-14/h9,12,14H,4-8H2,1-3H3. The first-order valence-corrected chi connectivity index (χ1v) is 5.66. The van der Waals surface area contributed by atoms with Crippen LogP contribution in [-0.2, 0) is 4.79 Å². The van der Waals surface area contributed by atoms with E-state index in [2.05, 4.69) is 12.2 Å². The quantitative estimate of drug-likeness (QED) is 0.703. The lowest BCUT2D eigenvalue weighted by Gasteiger charge is -2.33. The van der Waals surface area contributed by atoms with E-state index in [1.165, 1.54) is 0 Å². The van der Waals surface area contributed by atoms with Gasteiger partial charge >= 0.3 is 0 Å². The van der Waals surface area contributed by atoms with Gasteiger partial charge in [0.2, 0.25) is 5.91 Å². The molecule has 0 spiro atoms. The summed E-state index contributed by atoms with van der Waals surface area (Å²) < 4.78 is 0. The van der Waals surface area contributed by atoms with Crippen LogP contribution in [0.1, 0.15) is 26.7 Å². The van der Waals surface area contributed by atoms with Crippen molar-refractivity contribution >= 4 is 5.91 Å². The van der Waals surface area contributed by atoms with Crippen LogP contribution in [0, 0.1) is 5.41 Å². The number of aliphatic hydroxyl groups is 1. The largest absolute Gasteiger partial charge is 0.394 e. The Kier molecular flexibility index (Phi) is 4.11. The third-order valence-electron chi connectivity index (χ3n) is 3.62. The van der Waals surface area contributed by atoms with Crippen molar-refractivity contribution in [2.24, 2.45) is 5.41 Å². The summed E-state index contributed by atoms with van der Waals surface area (Å²) in [6.07, 6.45) is 1.77. The van der Waals surface area contributed by atoms with E-state index in [1.54, 1.807) is 11.9 Å². The van der Waals surface area contributed by atoms with E-state index in [9.17, 15) is 4.79 Å². The Balaban J connectivity index is 2.72. The zero-order valence-electron chi connectivity index (χ0n) is 9.92. The molecule has 4 nitrogen and oxygen atoms in total. The third kappa shape index (κ3) is 2.32. The summed E-state index contributed by atoms with van der Waals surface area (Å²) in [6.45, 7) is 5.63. The molecule has 1 aliphatic heterocycles. The molecule has 0 saturated carbocycles. The molecule has 0 aromatic rings. The van der Waals surface area contributed by atoms with Crippen LogP contribution < -0.4 is 5.32 Å². The third-order valence-corrected chi connectivity index (χ3v) is 3.62. The summed E-state index contributed by atoms with van der Waals surface area (Å²) >= 11 is 0. The average Bonchev–Trinajstić information content (AvgIpc) is 2.75. The minimum atomic E-state index is -0.238. The molecular formula is C11H22N2O2. The number of carbonyl (C=O) groups is 1.